The van der Waals surface area contributed by atoms with E-state index >= 15 is 0 Å². The Hall–Kier alpha value is -2.03. The van der Waals surface area contributed by atoms with E-state index in [1.807, 2.05) is 42.5 Å². The van der Waals surface area contributed by atoms with Gasteiger partial charge in [0.2, 0.25) is 0 Å². The molecule has 0 amide bonds. The van der Waals surface area contributed by atoms with E-state index < -0.39 is 0 Å². The van der Waals surface area contributed by atoms with E-state index in [1.54, 1.807) is 6.07 Å². The van der Waals surface area contributed by atoms with Crippen LogP contribution in [-0.4, -0.2) is 0 Å². The maximum Gasteiger partial charge on any atom is 0.150 e. The summed E-state index contributed by atoms with van der Waals surface area (Å²) < 4.78 is 5.93. The highest BCUT2D eigenvalue weighted by atomic mass is 35.5. The van der Waals surface area contributed by atoms with Crippen LogP contribution in [0, 0.1) is 0 Å². The molecule has 0 unspecified atom stereocenters. The molecule has 0 saturated heterocycles. The Bertz CT molecular complexity index is 755. The highest BCUT2D eigenvalue weighted by Crippen LogP contribution is 2.33. The molecule has 0 spiro atoms. The number of hydrogen-bond acceptors (Lipinski definition) is 2. The van der Waals surface area contributed by atoms with Gasteiger partial charge in [-0.3, -0.25) is 0 Å². The Labute approximate surface area is 122 Å². The second-order valence-electron chi connectivity index (χ2n) is 4.54. The number of ether oxygens (including phenoxy) is 1. The quantitative estimate of drug-likeness (QED) is 0.753. The van der Waals surface area contributed by atoms with Crippen LogP contribution >= 0.6 is 11.6 Å². The Morgan fingerprint density at radius 3 is 2.50 bits per heavy atom. The van der Waals surface area contributed by atoms with Crippen molar-refractivity contribution in [2.75, 3.05) is 0 Å². The zero-order chi connectivity index (χ0) is 13.9. The van der Waals surface area contributed by atoms with Crippen LogP contribution in [0.25, 0.3) is 10.8 Å². The van der Waals surface area contributed by atoms with Crippen LogP contribution in [0.5, 0.6) is 11.5 Å². The standard InChI is InChI=1S/C17H14ClNO/c18-16-7-3-6-14(11-19)17(16)20-15-9-8-12-4-1-2-5-13(12)10-15/h1-10H,11,19H2. The number of para-hydroxylation sites is 1. The summed E-state index contributed by atoms with van der Waals surface area (Å²) in [6, 6.07) is 19.7. The number of rotatable bonds is 3. The number of fused-ring (bicyclic) bond motifs is 1. The molecule has 0 aliphatic heterocycles. The topological polar surface area (TPSA) is 35.2 Å². The van der Waals surface area contributed by atoms with Gasteiger partial charge in [0.25, 0.3) is 0 Å². The fraction of sp³-hybridized carbons (Fsp3) is 0.0588. The second kappa shape index (κ2) is 5.53. The highest BCUT2D eigenvalue weighted by molar-refractivity contribution is 6.32. The van der Waals surface area contributed by atoms with Gasteiger partial charge in [-0.05, 0) is 29.0 Å². The van der Waals surface area contributed by atoms with Crippen LogP contribution in [0.4, 0.5) is 0 Å². The minimum Gasteiger partial charge on any atom is -0.455 e. The minimum atomic E-state index is 0.392. The van der Waals surface area contributed by atoms with Crippen molar-refractivity contribution in [1.82, 2.24) is 0 Å². The molecule has 0 bridgehead atoms. The summed E-state index contributed by atoms with van der Waals surface area (Å²) >= 11 is 6.20. The molecule has 0 aliphatic carbocycles. The van der Waals surface area contributed by atoms with Crippen LogP contribution in [-0.2, 0) is 6.54 Å². The zero-order valence-electron chi connectivity index (χ0n) is 10.8. The van der Waals surface area contributed by atoms with E-state index in [4.69, 9.17) is 22.1 Å². The second-order valence-corrected chi connectivity index (χ2v) is 4.95. The SMILES string of the molecule is NCc1cccc(Cl)c1Oc1ccc2ccccc2c1. The number of nitrogens with two attached hydrogens (primary N) is 1. The summed E-state index contributed by atoms with van der Waals surface area (Å²) in [5, 5.41) is 2.88. The lowest BCUT2D eigenvalue weighted by atomic mass is 10.1. The zero-order valence-corrected chi connectivity index (χ0v) is 11.6. The van der Waals surface area contributed by atoms with E-state index in [0.717, 1.165) is 16.7 Å². The lowest BCUT2D eigenvalue weighted by Crippen LogP contribution is -1.99. The highest BCUT2D eigenvalue weighted by Gasteiger charge is 2.08. The summed E-state index contributed by atoms with van der Waals surface area (Å²) in [5.74, 6) is 1.39. The van der Waals surface area contributed by atoms with Crippen molar-refractivity contribution in [3.05, 3.63) is 71.2 Å². The molecule has 20 heavy (non-hydrogen) atoms. The van der Waals surface area contributed by atoms with Gasteiger partial charge in [0.05, 0.1) is 5.02 Å². The van der Waals surface area contributed by atoms with Crippen molar-refractivity contribution in [3.8, 4) is 11.5 Å². The van der Waals surface area contributed by atoms with Gasteiger partial charge in [-0.2, -0.15) is 0 Å². The fourth-order valence-electron chi connectivity index (χ4n) is 2.18. The van der Waals surface area contributed by atoms with Crippen LogP contribution in [0.3, 0.4) is 0 Å². The molecule has 0 saturated carbocycles. The first kappa shape index (κ1) is 13.0. The Morgan fingerprint density at radius 1 is 0.900 bits per heavy atom. The van der Waals surface area contributed by atoms with Crippen molar-refractivity contribution in [2.24, 2.45) is 5.73 Å². The van der Waals surface area contributed by atoms with Crippen molar-refractivity contribution in [1.29, 1.82) is 0 Å². The van der Waals surface area contributed by atoms with Gasteiger partial charge in [0.1, 0.15) is 11.5 Å². The molecule has 3 heteroatoms. The maximum absolute atomic E-state index is 6.20. The molecule has 0 aliphatic rings. The van der Waals surface area contributed by atoms with E-state index in [1.165, 1.54) is 5.39 Å². The first-order valence-electron chi connectivity index (χ1n) is 6.42. The molecular formula is C17H14ClNO. The summed E-state index contributed by atoms with van der Waals surface area (Å²) in [6.07, 6.45) is 0. The third-order valence-corrected chi connectivity index (χ3v) is 3.51. The average molecular weight is 284 g/mol. The molecule has 100 valence electrons. The van der Waals surface area contributed by atoms with Gasteiger partial charge >= 0.3 is 0 Å². The predicted molar refractivity (Wildman–Crippen MR) is 83.4 cm³/mol. The molecule has 3 aromatic rings. The summed E-state index contributed by atoms with van der Waals surface area (Å²) in [6.45, 7) is 0.392. The number of hydrogen-bond donors (Lipinski definition) is 1. The van der Waals surface area contributed by atoms with Crippen LogP contribution in [0.15, 0.2) is 60.7 Å². The lowest BCUT2D eigenvalue weighted by molar-refractivity contribution is 0.477. The third-order valence-electron chi connectivity index (χ3n) is 3.21. The molecule has 0 radical (unpaired) electrons. The maximum atomic E-state index is 6.20. The summed E-state index contributed by atoms with van der Waals surface area (Å²) in [5.41, 5.74) is 6.62. The van der Waals surface area contributed by atoms with E-state index in [2.05, 4.69) is 12.1 Å². The number of halogens is 1. The Kier molecular flexibility index (Phi) is 3.59. The molecule has 0 aromatic heterocycles. The Morgan fingerprint density at radius 2 is 1.70 bits per heavy atom. The molecule has 3 aromatic carbocycles. The van der Waals surface area contributed by atoms with Crippen molar-refractivity contribution >= 4 is 22.4 Å². The van der Waals surface area contributed by atoms with Crippen LogP contribution < -0.4 is 10.5 Å². The van der Waals surface area contributed by atoms with E-state index in [-0.39, 0.29) is 0 Å². The first-order chi connectivity index (χ1) is 9.78. The molecule has 2 nitrogen and oxygen atoms in total. The van der Waals surface area contributed by atoms with Gasteiger partial charge in [-0.1, -0.05) is 54.1 Å². The van der Waals surface area contributed by atoms with E-state index in [0.29, 0.717) is 17.3 Å². The first-order valence-corrected chi connectivity index (χ1v) is 6.80. The van der Waals surface area contributed by atoms with Gasteiger partial charge < -0.3 is 10.5 Å². The van der Waals surface area contributed by atoms with Crippen molar-refractivity contribution < 1.29 is 4.74 Å². The molecule has 3 rings (SSSR count). The van der Waals surface area contributed by atoms with Gasteiger partial charge in [-0.15, -0.1) is 0 Å². The van der Waals surface area contributed by atoms with E-state index in [9.17, 15) is 0 Å². The monoisotopic (exact) mass is 283 g/mol. The van der Waals surface area contributed by atoms with Gasteiger partial charge in [-0.25, -0.2) is 0 Å². The minimum absolute atomic E-state index is 0.392. The lowest BCUT2D eigenvalue weighted by Gasteiger charge is -2.12. The molecule has 0 fully saturated rings. The van der Waals surface area contributed by atoms with Crippen molar-refractivity contribution in [2.45, 2.75) is 6.54 Å². The third kappa shape index (κ3) is 2.48. The summed E-state index contributed by atoms with van der Waals surface area (Å²) in [7, 11) is 0. The molecule has 0 heterocycles. The van der Waals surface area contributed by atoms with Crippen molar-refractivity contribution in [3.63, 3.8) is 0 Å². The largest absolute Gasteiger partial charge is 0.455 e. The summed E-state index contributed by atoms with van der Waals surface area (Å²) in [4.78, 5) is 0. The fourth-order valence-corrected chi connectivity index (χ4v) is 2.41. The molecular weight excluding hydrogens is 270 g/mol. The van der Waals surface area contributed by atoms with Crippen LogP contribution in [0.2, 0.25) is 5.02 Å². The normalized spacial score (nSPS) is 10.7. The van der Waals surface area contributed by atoms with Crippen LogP contribution in [0.1, 0.15) is 5.56 Å². The molecule has 2 N–H and O–H groups in total. The smallest absolute Gasteiger partial charge is 0.150 e. The predicted octanol–water partition coefficient (Wildman–Crippen LogP) is 4.74. The average Bonchev–Trinajstić information content (AvgIpc) is 2.49. The Balaban J connectivity index is 2.01. The number of benzene rings is 3. The van der Waals surface area contributed by atoms with Gasteiger partial charge in [0, 0.05) is 12.1 Å². The molecule has 0 atom stereocenters. The van der Waals surface area contributed by atoms with Gasteiger partial charge in [0.15, 0.2) is 0 Å².